The highest BCUT2D eigenvalue weighted by Gasteiger charge is 2.17. The summed E-state index contributed by atoms with van der Waals surface area (Å²) in [7, 11) is 8.85. The second kappa shape index (κ2) is 11.2. The van der Waals surface area contributed by atoms with Gasteiger partial charge < -0.3 is 8.97 Å². The first-order valence-corrected chi connectivity index (χ1v) is 12.4. The first-order chi connectivity index (χ1) is 10.5. The lowest BCUT2D eigenvalue weighted by Crippen LogP contribution is -2.43. The van der Waals surface area contributed by atoms with E-state index < -0.39 is 10.1 Å². The predicted molar refractivity (Wildman–Crippen MR) is 105 cm³/mol. The lowest BCUT2D eigenvalue weighted by Gasteiger charge is -2.30. The Hall–Kier alpha value is 0.530. The van der Waals surface area contributed by atoms with Gasteiger partial charge in [-0.15, -0.1) is 0 Å². The molecule has 0 aliphatic carbocycles. The van der Waals surface area contributed by atoms with Crippen LogP contribution in [0.5, 0.6) is 0 Å². The molecular formula is C15H36N2O3S3+2. The van der Waals surface area contributed by atoms with E-state index in [1.165, 1.54) is 25.9 Å². The third-order valence-corrected chi connectivity index (χ3v) is 7.10. The Morgan fingerprint density at radius 1 is 0.826 bits per heavy atom. The van der Waals surface area contributed by atoms with Crippen LogP contribution in [0.25, 0.3) is 0 Å². The zero-order valence-electron chi connectivity index (χ0n) is 15.5. The number of hydrogen-bond acceptors (Lipinski definition) is 4. The first-order valence-electron chi connectivity index (χ1n) is 8.31. The summed E-state index contributed by atoms with van der Waals surface area (Å²) < 4.78 is 32.1. The molecular weight excluding hydrogens is 352 g/mol. The third-order valence-electron chi connectivity index (χ3n) is 3.93. The van der Waals surface area contributed by atoms with Gasteiger partial charge in [0.2, 0.25) is 0 Å². The van der Waals surface area contributed by atoms with Gasteiger partial charge in [-0.1, -0.05) is 34.9 Å². The molecule has 5 nitrogen and oxygen atoms in total. The number of rotatable bonds is 14. The summed E-state index contributed by atoms with van der Waals surface area (Å²) in [6.45, 7) is 6.47. The van der Waals surface area contributed by atoms with Gasteiger partial charge in [-0.3, -0.25) is 4.55 Å². The van der Waals surface area contributed by atoms with Crippen molar-refractivity contribution < 1.29 is 21.9 Å². The molecule has 140 valence electrons. The zero-order chi connectivity index (χ0) is 18.0. The minimum atomic E-state index is -3.82. The van der Waals surface area contributed by atoms with Gasteiger partial charge in [0.05, 0.1) is 71.6 Å². The van der Waals surface area contributed by atoms with Crippen LogP contribution in [0, 0.1) is 0 Å². The highest BCUT2D eigenvalue weighted by molar-refractivity contribution is 8.76. The molecule has 0 fully saturated rings. The van der Waals surface area contributed by atoms with E-state index in [4.69, 9.17) is 4.55 Å². The van der Waals surface area contributed by atoms with E-state index >= 15 is 0 Å². The second-order valence-electron chi connectivity index (χ2n) is 7.40. The highest BCUT2D eigenvalue weighted by Crippen LogP contribution is 2.22. The summed E-state index contributed by atoms with van der Waals surface area (Å²) in [6, 6.07) is 0. The van der Waals surface area contributed by atoms with Crippen molar-refractivity contribution in [3.05, 3.63) is 0 Å². The molecule has 0 saturated heterocycles. The lowest BCUT2D eigenvalue weighted by atomic mass is 10.3. The van der Waals surface area contributed by atoms with Crippen LogP contribution < -0.4 is 0 Å². The van der Waals surface area contributed by atoms with Crippen LogP contribution >= 0.6 is 21.6 Å². The molecule has 0 heterocycles. The van der Waals surface area contributed by atoms with Gasteiger partial charge in [-0.2, -0.15) is 8.42 Å². The predicted octanol–water partition coefficient (Wildman–Crippen LogP) is 2.60. The van der Waals surface area contributed by atoms with Crippen molar-refractivity contribution in [2.24, 2.45) is 0 Å². The zero-order valence-corrected chi connectivity index (χ0v) is 17.9. The van der Waals surface area contributed by atoms with E-state index in [9.17, 15) is 8.42 Å². The van der Waals surface area contributed by atoms with Crippen LogP contribution in [0.3, 0.4) is 0 Å². The van der Waals surface area contributed by atoms with Crippen molar-refractivity contribution in [1.29, 1.82) is 0 Å². The summed E-state index contributed by atoms with van der Waals surface area (Å²) in [4.78, 5) is 0. The molecule has 0 bridgehead atoms. The Labute approximate surface area is 151 Å². The second-order valence-corrected chi connectivity index (χ2v) is 11.7. The molecule has 0 rings (SSSR count). The van der Waals surface area contributed by atoms with Crippen molar-refractivity contribution in [2.75, 3.05) is 71.6 Å². The summed E-state index contributed by atoms with van der Waals surface area (Å²) in [6.07, 6.45) is 3.06. The van der Waals surface area contributed by atoms with E-state index in [1.54, 1.807) is 0 Å². The Balaban J connectivity index is 3.73. The average molecular weight is 389 g/mol. The largest absolute Gasteiger partial charge is 0.328 e. The number of nitrogens with zero attached hydrogens (tertiary/aromatic N) is 2. The number of quaternary nitrogens is 2. The number of hydrogen-bond donors (Lipinski definition) is 1. The fraction of sp³-hybridized carbons (Fsp3) is 1.00. The van der Waals surface area contributed by atoms with Crippen LogP contribution in [-0.2, 0) is 10.1 Å². The molecule has 0 atom stereocenters. The van der Waals surface area contributed by atoms with E-state index in [0.29, 0.717) is 6.42 Å². The molecule has 0 amide bonds. The van der Waals surface area contributed by atoms with Gasteiger partial charge in [0.25, 0.3) is 10.1 Å². The van der Waals surface area contributed by atoms with Gasteiger partial charge in [-0.25, -0.2) is 0 Å². The standard InChI is InChI=1S/C15H35N2O3S3/c1-6-7-9-16(2,3)11-13-21-22-14-12-17(4,5)10-8-15-23(18,19)20/h6-15H2,1-5H3/q+1/p+1. The van der Waals surface area contributed by atoms with Crippen LogP contribution in [0.4, 0.5) is 0 Å². The molecule has 0 aromatic heterocycles. The fourth-order valence-corrected chi connectivity index (χ4v) is 5.19. The average Bonchev–Trinajstić information content (AvgIpc) is 2.38. The molecule has 0 aromatic carbocycles. The maximum absolute atomic E-state index is 10.7. The maximum atomic E-state index is 10.7. The quantitative estimate of drug-likeness (QED) is 0.215. The Bertz CT molecular complexity index is 412. The minimum absolute atomic E-state index is 0.138. The lowest BCUT2D eigenvalue weighted by molar-refractivity contribution is -0.888. The monoisotopic (exact) mass is 388 g/mol. The third kappa shape index (κ3) is 15.8. The molecule has 0 radical (unpaired) electrons. The van der Waals surface area contributed by atoms with E-state index in [0.717, 1.165) is 33.6 Å². The van der Waals surface area contributed by atoms with Gasteiger partial charge in [0, 0.05) is 6.42 Å². The molecule has 0 aliphatic heterocycles. The summed E-state index contributed by atoms with van der Waals surface area (Å²) in [5.74, 6) is 2.09. The van der Waals surface area contributed by atoms with E-state index in [1.807, 2.05) is 21.6 Å². The van der Waals surface area contributed by atoms with Crippen molar-refractivity contribution in [3.63, 3.8) is 0 Å². The van der Waals surface area contributed by atoms with Crippen LogP contribution in [0.15, 0.2) is 0 Å². The molecule has 0 unspecified atom stereocenters. The Kier molecular flexibility index (Phi) is 11.5. The molecule has 0 saturated carbocycles. The molecule has 0 spiro atoms. The fourth-order valence-electron chi connectivity index (χ4n) is 2.17. The van der Waals surface area contributed by atoms with Crippen molar-refractivity contribution in [1.82, 2.24) is 0 Å². The van der Waals surface area contributed by atoms with Gasteiger partial charge in [0.1, 0.15) is 0 Å². The van der Waals surface area contributed by atoms with Gasteiger partial charge >= 0.3 is 0 Å². The van der Waals surface area contributed by atoms with Crippen LogP contribution in [0.1, 0.15) is 26.2 Å². The molecule has 8 heteroatoms. The van der Waals surface area contributed by atoms with Gasteiger partial charge in [0.15, 0.2) is 0 Å². The summed E-state index contributed by atoms with van der Waals surface area (Å²) in [5, 5.41) is 0. The highest BCUT2D eigenvalue weighted by atomic mass is 33.1. The topological polar surface area (TPSA) is 54.4 Å². The van der Waals surface area contributed by atoms with Crippen LogP contribution in [0.2, 0.25) is 0 Å². The molecule has 23 heavy (non-hydrogen) atoms. The Morgan fingerprint density at radius 2 is 1.26 bits per heavy atom. The molecule has 1 N–H and O–H groups in total. The van der Waals surface area contributed by atoms with Crippen molar-refractivity contribution >= 4 is 31.7 Å². The van der Waals surface area contributed by atoms with E-state index in [2.05, 4.69) is 35.1 Å². The normalized spacial score (nSPS) is 13.5. The van der Waals surface area contributed by atoms with Gasteiger partial charge in [-0.05, 0) is 6.42 Å². The first kappa shape index (κ1) is 23.5. The molecule has 0 aliphatic rings. The van der Waals surface area contributed by atoms with Crippen molar-refractivity contribution in [2.45, 2.75) is 26.2 Å². The Morgan fingerprint density at radius 3 is 1.65 bits per heavy atom. The smallest absolute Gasteiger partial charge is 0.265 e. The maximum Gasteiger partial charge on any atom is 0.265 e. The van der Waals surface area contributed by atoms with Crippen LogP contribution in [-0.4, -0.2) is 93.6 Å². The minimum Gasteiger partial charge on any atom is -0.328 e. The summed E-state index contributed by atoms with van der Waals surface area (Å²) in [5.41, 5.74) is 0. The van der Waals surface area contributed by atoms with E-state index in [-0.39, 0.29) is 5.75 Å². The SMILES string of the molecule is CCCC[N+](C)(C)CCSSCC[N+](C)(C)CCCS(=O)(=O)O. The summed E-state index contributed by atoms with van der Waals surface area (Å²) >= 11 is 0. The number of unbranched alkanes of at least 4 members (excludes halogenated alkanes) is 1. The van der Waals surface area contributed by atoms with Crippen molar-refractivity contribution in [3.8, 4) is 0 Å². The molecule has 0 aromatic rings.